The minimum Gasteiger partial charge on any atom is -0.388 e. The highest BCUT2D eigenvalue weighted by atomic mass is 19.4. The van der Waals surface area contributed by atoms with Gasteiger partial charge >= 0.3 is 6.36 Å². The topological polar surface area (TPSA) is 89.0 Å². The van der Waals surface area contributed by atoms with Crippen molar-refractivity contribution in [3.63, 3.8) is 0 Å². The standard InChI is InChI=1S/C8H4F3N3O3/c9-8(10,11)17-7-3-6(14(15)16)5(1-2-12)4-13-7/h3-4H,1H2. The molecule has 0 saturated heterocycles. The van der Waals surface area contributed by atoms with Crippen LogP contribution in [0.1, 0.15) is 5.56 Å². The number of hydrogen-bond donors (Lipinski definition) is 0. The van der Waals surface area contributed by atoms with Gasteiger partial charge in [0.2, 0.25) is 5.88 Å². The van der Waals surface area contributed by atoms with Crippen LogP contribution in [0.4, 0.5) is 18.9 Å². The lowest BCUT2D eigenvalue weighted by Crippen LogP contribution is -2.18. The second-order valence-corrected chi connectivity index (χ2v) is 2.79. The Labute approximate surface area is 92.4 Å². The van der Waals surface area contributed by atoms with Crippen molar-refractivity contribution in [3.8, 4) is 11.9 Å². The Balaban J connectivity index is 3.11. The van der Waals surface area contributed by atoms with Gasteiger partial charge in [-0.1, -0.05) is 0 Å². The second kappa shape index (κ2) is 4.65. The van der Waals surface area contributed by atoms with E-state index in [2.05, 4.69) is 9.72 Å². The first-order valence-electron chi connectivity index (χ1n) is 4.09. The number of rotatable bonds is 3. The van der Waals surface area contributed by atoms with Crippen molar-refractivity contribution in [1.29, 1.82) is 5.26 Å². The fourth-order valence-electron chi connectivity index (χ4n) is 1.02. The third-order valence-electron chi connectivity index (χ3n) is 1.62. The number of ether oxygens (including phenoxy) is 1. The Kier molecular flexibility index (Phi) is 3.47. The van der Waals surface area contributed by atoms with E-state index in [1.54, 1.807) is 6.07 Å². The molecule has 1 aromatic heterocycles. The molecule has 0 unspecified atom stereocenters. The fraction of sp³-hybridized carbons (Fsp3) is 0.250. The molecule has 0 radical (unpaired) electrons. The minimum absolute atomic E-state index is 0.0768. The van der Waals surface area contributed by atoms with Gasteiger partial charge in [0.05, 0.1) is 29.0 Å². The van der Waals surface area contributed by atoms with Gasteiger partial charge in [0.25, 0.3) is 5.69 Å². The summed E-state index contributed by atoms with van der Waals surface area (Å²) in [5.41, 5.74) is -0.715. The number of nitro groups is 1. The average Bonchev–Trinajstić information content (AvgIpc) is 2.18. The Morgan fingerprint density at radius 1 is 1.59 bits per heavy atom. The van der Waals surface area contributed by atoms with E-state index in [-0.39, 0.29) is 12.0 Å². The molecule has 1 heterocycles. The minimum atomic E-state index is -4.97. The van der Waals surface area contributed by atoms with Crippen molar-refractivity contribution in [3.05, 3.63) is 27.9 Å². The van der Waals surface area contributed by atoms with E-state index >= 15 is 0 Å². The van der Waals surface area contributed by atoms with Crippen molar-refractivity contribution in [2.24, 2.45) is 0 Å². The van der Waals surface area contributed by atoms with Gasteiger partial charge in [0, 0.05) is 6.20 Å². The number of pyridine rings is 1. The molecule has 0 spiro atoms. The quantitative estimate of drug-likeness (QED) is 0.601. The van der Waals surface area contributed by atoms with E-state index in [0.29, 0.717) is 6.07 Å². The second-order valence-electron chi connectivity index (χ2n) is 2.79. The van der Waals surface area contributed by atoms with Crippen molar-refractivity contribution in [2.45, 2.75) is 12.8 Å². The summed E-state index contributed by atoms with van der Waals surface area (Å²) in [6.07, 6.45) is -4.49. The summed E-state index contributed by atoms with van der Waals surface area (Å²) >= 11 is 0. The maximum Gasteiger partial charge on any atom is 0.574 e. The molecule has 0 aliphatic heterocycles. The van der Waals surface area contributed by atoms with Crippen LogP contribution in [0.25, 0.3) is 0 Å². The molecular formula is C8H4F3N3O3. The summed E-state index contributed by atoms with van der Waals surface area (Å²) in [5.74, 6) is -0.939. The van der Waals surface area contributed by atoms with E-state index < -0.39 is 22.9 Å². The third-order valence-corrected chi connectivity index (χ3v) is 1.62. The molecule has 90 valence electrons. The highest BCUT2D eigenvalue weighted by molar-refractivity contribution is 5.43. The molecular weight excluding hydrogens is 243 g/mol. The van der Waals surface area contributed by atoms with Crippen LogP contribution >= 0.6 is 0 Å². The van der Waals surface area contributed by atoms with Crippen LogP contribution in [0.2, 0.25) is 0 Å². The molecule has 1 rings (SSSR count). The highest BCUT2D eigenvalue weighted by Crippen LogP contribution is 2.26. The number of hydrogen-bond acceptors (Lipinski definition) is 5. The SMILES string of the molecule is N#CCc1cnc(OC(F)(F)F)cc1[N+](=O)[O-]. The lowest BCUT2D eigenvalue weighted by molar-refractivity contribution is -0.385. The lowest BCUT2D eigenvalue weighted by atomic mass is 10.2. The Bertz CT molecular complexity index is 481. The predicted molar refractivity (Wildman–Crippen MR) is 46.9 cm³/mol. The molecule has 0 atom stereocenters. The zero-order valence-electron chi connectivity index (χ0n) is 8.06. The van der Waals surface area contributed by atoms with Gasteiger partial charge in [0.15, 0.2) is 0 Å². The summed E-state index contributed by atoms with van der Waals surface area (Å²) in [4.78, 5) is 12.9. The molecule has 0 aliphatic rings. The van der Waals surface area contributed by atoms with Gasteiger partial charge in [-0.25, -0.2) is 4.98 Å². The van der Waals surface area contributed by atoms with Crippen LogP contribution in [0.15, 0.2) is 12.3 Å². The summed E-state index contributed by atoms with van der Waals surface area (Å²) in [7, 11) is 0. The molecule has 0 bridgehead atoms. The van der Waals surface area contributed by atoms with E-state index in [4.69, 9.17) is 5.26 Å². The van der Waals surface area contributed by atoms with E-state index in [0.717, 1.165) is 6.20 Å². The number of nitrogens with zero attached hydrogens (tertiary/aromatic N) is 3. The molecule has 6 nitrogen and oxygen atoms in total. The van der Waals surface area contributed by atoms with Gasteiger partial charge in [-0.2, -0.15) is 5.26 Å². The molecule has 0 amide bonds. The van der Waals surface area contributed by atoms with Crippen LogP contribution in [0.5, 0.6) is 5.88 Å². The van der Waals surface area contributed by atoms with Crippen LogP contribution in [-0.4, -0.2) is 16.3 Å². The Hall–Kier alpha value is -2.37. The Morgan fingerprint density at radius 3 is 2.71 bits per heavy atom. The molecule has 0 N–H and O–H groups in total. The van der Waals surface area contributed by atoms with Crippen molar-refractivity contribution < 1.29 is 22.8 Å². The van der Waals surface area contributed by atoms with Gasteiger partial charge in [-0.15, -0.1) is 13.2 Å². The first kappa shape index (κ1) is 12.7. The third kappa shape index (κ3) is 3.60. The molecule has 0 aliphatic carbocycles. The zero-order chi connectivity index (χ0) is 13.1. The number of aromatic nitrogens is 1. The summed E-state index contributed by atoms with van der Waals surface area (Å²) in [6, 6.07) is 2.17. The highest BCUT2D eigenvalue weighted by Gasteiger charge is 2.32. The average molecular weight is 247 g/mol. The predicted octanol–water partition coefficient (Wildman–Crippen LogP) is 1.95. The summed E-state index contributed by atoms with van der Waals surface area (Å²) < 4.78 is 38.9. The van der Waals surface area contributed by atoms with Gasteiger partial charge in [0.1, 0.15) is 0 Å². The molecule has 9 heteroatoms. The normalized spacial score (nSPS) is 10.7. The first-order chi connectivity index (χ1) is 7.83. The molecule has 0 saturated carbocycles. The van der Waals surface area contributed by atoms with E-state index in [9.17, 15) is 23.3 Å². The van der Waals surface area contributed by atoms with Crippen LogP contribution in [0.3, 0.4) is 0 Å². The molecule has 1 aromatic rings. The fourth-order valence-corrected chi connectivity index (χ4v) is 1.02. The lowest BCUT2D eigenvalue weighted by Gasteiger charge is -2.07. The monoisotopic (exact) mass is 247 g/mol. The molecule has 17 heavy (non-hydrogen) atoms. The summed E-state index contributed by atoms with van der Waals surface area (Å²) in [5, 5.41) is 18.9. The van der Waals surface area contributed by atoms with Crippen molar-refractivity contribution >= 4 is 5.69 Å². The zero-order valence-corrected chi connectivity index (χ0v) is 8.06. The molecule has 0 aromatic carbocycles. The Morgan fingerprint density at radius 2 is 2.24 bits per heavy atom. The van der Waals surface area contributed by atoms with Gasteiger partial charge in [-0.3, -0.25) is 10.1 Å². The smallest absolute Gasteiger partial charge is 0.388 e. The molecule has 0 fully saturated rings. The number of nitriles is 1. The van der Waals surface area contributed by atoms with Crippen molar-refractivity contribution in [2.75, 3.05) is 0 Å². The maximum atomic E-state index is 11.8. The summed E-state index contributed by atoms with van der Waals surface area (Å²) in [6.45, 7) is 0. The van der Waals surface area contributed by atoms with Crippen molar-refractivity contribution in [1.82, 2.24) is 4.98 Å². The largest absolute Gasteiger partial charge is 0.574 e. The van der Waals surface area contributed by atoms with Crippen LogP contribution in [0, 0.1) is 21.4 Å². The van der Waals surface area contributed by atoms with Gasteiger partial charge in [-0.05, 0) is 0 Å². The van der Waals surface area contributed by atoms with E-state index in [1.165, 1.54) is 0 Å². The van der Waals surface area contributed by atoms with Crippen LogP contribution in [-0.2, 0) is 6.42 Å². The number of halogens is 3. The number of alkyl halides is 3. The first-order valence-corrected chi connectivity index (χ1v) is 4.09. The van der Waals surface area contributed by atoms with Crippen LogP contribution < -0.4 is 4.74 Å². The van der Waals surface area contributed by atoms with E-state index in [1.807, 2.05) is 0 Å². The van der Waals surface area contributed by atoms with Gasteiger partial charge < -0.3 is 4.74 Å². The maximum absolute atomic E-state index is 11.8.